The molecule has 1 unspecified atom stereocenters. The lowest BCUT2D eigenvalue weighted by molar-refractivity contribution is -0.142. The molecule has 18 heavy (non-hydrogen) atoms. The Bertz CT molecular complexity index is 257. The SMILES string of the molecule is CCC(C)C(=O)N(C=O)CCOCCOCC=O. The third kappa shape index (κ3) is 7.13. The van der Waals surface area contributed by atoms with Crippen molar-refractivity contribution in [1.29, 1.82) is 0 Å². The van der Waals surface area contributed by atoms with E-state index < -0.39 is 0 Å². The number of imide groups is 1. The van der Waals surface area contributed by atoms with Crippen molar-refractivity contribution in [2.75, 3.05) is 33.0 Å². The lowest BCUT2D eigenvalue weighted by atomic mass is 10.1. The molecule has 0 radical (unpaired) electrons. The van der Waals surface area contributed by atoms with Crippen molar-refractivity contribution in [2.24, 2.45) is 5.92 Å². The molecular weight excluding hydrogens is 238 g/mol. The van der Waals surface area contributed by atoms with Crippen LogP contribution in [-0.4, -0.2) is 56.5 Å². The number of rotatable bonds is 11. The van der Waals surface area contributed by atoms with Gasteiger partial charge in [-0.25, -0.2) is 0 Å². The maximum absolute atomic E-state index is 11.7. The maximum atomic E-state index is 11.7. The molecule has 0 bridgehead atoms. The van der Waals surface area contributed by atoms with E-state index in [2.05, 4.69) is 0 Å². The normalized spacial score (nSPS) is 11.9. The van der Waals surface area contributed by atoms with Gasteiger partial charge in [0.15, 0.2) is 0 Å². The lowest BCUT2D eigenvalue weighted by Crippen LogP contribution is -2.36. The van der Waals surface area contributed by atoms with E-state index in [0.717, 1.165) is 4.90 Å². The Hall–Kier alpha value is -1.27. The van der Waals surface area contributed by atoms with E-state index in [0.29, 0.717) is 32.3 Å². The van der Waals surface area contributed by atoms with Crippen molar-refractivity contribution in [3.05, 3.63) is 0 Å². The van der Waals surface area contributed by atoms with Crippen LogP contribution in [0, 0.1) is 5.92 Å². The minimum Gasteiger partial charge on any atom is -0.377 e. The van der Waals surface area contributed by atoms with Gasteiger partial charge in [-0.15, -0.1) is 0 Å². The zero-order chi connectivity index (χ0) is 13.8. The van der Waals surface area contributed by atoms with Gasteiger partial charge in [0.25, 0.3) is 0 Å². The predicted octanol–water partition coefficient (Wildman–Crippen LogP) is 0.250. The average Bonchev–Trinajstić information content (AvgIpc) is 2.40. The fourth-order valence-electron chi connectivity index (χ4n) is 1.19. The van der Waals surface area contributed by atoms with Gasteiger partial charge >= 0.3 is 0 Å². The van der Waals surface area contributed by atoms with Gasteiger partial charge in [-0.2, -0.15) is 0 Å². The van der Waals surface area contributed by atoms with Gasteiger partial charge < -0.3 is 14.3 Å². The van der Waals surface area contributed by atoms with Crippen LogP contribution in [-0.2, 0) is 23.9 Å². The van der Waals surface area contributed by atoms with Crippen LogP contribution in [0.1, 0.15) is 20.3 Å². The van der Waals surface area contributed by atoms with Gasteiger partial charge in [0.1, 0.15) is 12.9 Å². The summed E-state index contributed by atoms with van der Waals surface area (Å²) in [4.78, 5) is 33.5. The predicted molar refractivity (Wildman–Crippen MR) is 64.9 cm³/mol. The summed E-state index contributed by atoms with van der Waals surface area (Å²) in [6.07, 6.45) is 1.89. The third-order valence-electron chi connectivity index (χ3n) is 2.48. The Morgan fingerprint density at radius 3 is 2.44 bits per heavy atom. The number of carbonyl (C=O) groups is 3. The fourth-order valence-corrected chi connectivity index (χ4v) is 1.19. The molecule has 0 aliphatic carbocycles. The Balaban J connectivity index is 3.71. The molecule has 0 aromatic rings. The molecule has 0 aliphatic rings. The Labute approximate surface area is 107 Å². The minimum atomic E-state index is -0.187. The summed E-state index contributed by atoms with van der Waals surface area (Å²) in [5.41, 5.74) is 0. The maximum Gasteiger partial charge on any atom is 0.231 e. The lowest BCUT2D eigenvalue weighted by Gasteiger charge is -2.18. The minimum absolute atomic E-state index is 0.0519. The van der Waals surface area contributed by atoms with Crippen molar-refractivity contribution < 1.29 is 23.9 Å². The van der Waals surface area contributed by atoms with Gasteiger partial charge in [-0.1, -0.05) is 13.8 Å². The van der Waals surface area contributed by atoms with E-state index in [1.165, 1.54) is 0 Å². The van der Waals surface area contributed by atoms with Gasteiger partial charge in [-0.3, -0.25) is 14.5 Å². The second kappa shape index (κ2) is 10.9. The molecule has 0 heterocycles. The zero-order valence-electron chi connectivity index (χ0n) is 11.0. The molecule has 0 rings (SSSR count). The van der Waals surface area contributed by atoms with Crippen LogP contribution in [0.25, 0.3) is 0 Å². The monoisotopic (exact) mass is 259 g/mol. The number of hydrogen-bond acceptors (Lipinski definition) is 5. The Morgan fingerprint density at radius 2 is 1.89 bits per heavy atom. The van der Waals surface area contributed by atoms with E-state index in [1.54, 1.807) is 6.92 Å². The summed E-state index contributed by atoms with van der Waals surface area (Å²) in [6, 6.07) is 0. The van der Waals surface area contributed by atoms with E-state index in [-0.39, 0.29) is 31.6 Å². The number of carbonyl (C=O) groups excluding carboxylic acids is 3. The quantitative estimate of drug-likeness (QED) is 0.393. The van der Waals surface area contributed by atoms with Gasteiger partial charge in [0.2, 0.25) is 12.3 Å². The number of nitrogens with zero attached hydrogens (tertiary/aromatic N) is 1. The molecule has 0 aromatic heterocycles. The number of aldehydes is 1. The second-order valence-corrected chi connectivity index (χ2v) is 3.80. The smallest absolute Gasteiger partial charge is 0.231 e. The van der Waals surface area contributed by atoms with Crippen LogP contribution in [0.5, 0.6) is 0 Å². The first-order valence-corrected chi connectivity index (χ1v) is 6.02. The molecule has 0 saturated heterocycles. The first-order valence-electron chi connectivity index (χ1n) is 6.02. The van der Waals surface area contributed by atoms with Crippen molar-refractivity contribution in [3.63, 3.8) is 0 Å². The summed E-state index contributed by atoms with van der Waals surface area (Å²) in [7, 11) is 0. The summed E-state index contributed by atoms with van der Waals surface area (Å²) >= 11 is 0. The second-order valence-electron chi connectivity index (χ2n) is 3.80. The first kappa shape index (κ1) is 16.7. The van der Waals surface area contributed by atoms with E-state index in [1.807, 2.05) is 6.92 Å². The average molecular weight is 259 g/mol. The highest BCUT2D eigenvalue weighted by Gasteiger charge is 2.17. The molecule has 6 nitrogen and oxygen atoms in total. The number of amides is 2. The molecule has 104 valence electrons. The Kier molecular flexibility index (Phi) is 10.1. The van der Waals surface area contributed by atoms with Crippen molar-refractivity contribution in [1.82, 2.24) is 4.90 Å². The van der Waals surface area contributed by atoms with Crippen LogP contribution in [0.2, 0.25) is 0 Å². The standard InChI is InChI=1S/C12H21NO5/c1-3-11(2)12(16)13(10-15)4-6-17-8-9-18-7-5-14/h5,10-11H,3-4,6-9H2,1-2H3. The molecule has 0 fully saturated rings. The van der Waals surface area contributed by atoms with Crippen LogP contribution in [0.3, 0.4) is 0 Å². The highest BCUT2D eigenvalue weighted by Crippen LogP contribution is 2.04. The topological polar surface area (TPSA) is 72.9 Å². The van der Waals surface area contributed by atoms with Crippen LogP contribution >= 0.6 is 0 Å². The van der Waals surface area contributed by atoms with Crippen LogP contribution < -0.4 is 0 Å². The highest BCUT2D eigenvalue weighted by molar-refractivity contribution is 5.87. The highest BCUT2D eigenvalue weighted by atomic mass is 16.5. The number of ether oxygens (including phenoxy) is 2. The molecule has 1 atom stereocenters. The molecule has 0 N–H and O–H groups in total. The van der Waals surface area contributed by atoms with E-state index in [4.69, 9.17) is 9.47 Å². The van der Waals surface area contributed by atoms with Gasteiger partial charge in [0.05, 0.1) is 26.4 Å². The molecule has 2 amide bonds. The molecule has 0 spiro atoms. The summed E-state index contributed by atoms with van der Waals surface area (Å²) in [5, 5.41) is 0. The third-order valence-corrected chi connectivity index (χ3v) is 2.48. The molecule has 0 aromatic carbocycles. The van der Waals surface area contributed by atoms with Crippen LogP contribution in [0.4, 0.5) is 0 Å². The van der Waals surface area contributed by atoms with Gasteiger partial charge in [0, 0.05) is 5.92 Å². The zero-order valence-corrected chi connectivity index (χ0v) is 11.0. The Morgan fingerprint density at radius 1 is 1.22 bits per heavy atom. The molecular formula is C12H21NO5. The van der Waals surface area contributed by atoms with E-state index in [9.17, 15) is 14.4 Å². The summed E-state index contributed by atoms with van der Waals surface area (Å²) in [6.45, 7) is 4.89. The van der Waals surface area contributed by atoms with Crippen LogP contribution in [0.15, 0.2) is 0 Å². The summed E-state index contributed by atoms with van der Waals surface area (Å²) < 4.78 is 10.1. The fraction of sp³-hybridized carbons (Fsp3) is 0.750. The van der Waals surface area contributed by atoms with E-state index >= 15 is 0 Å². The van der Waals surface area contributed by atoms with Crippen molar-refractivity contribution in [3.8, 4) is 0 Å². The van der Waals surface area contributed by atoms with Gasteiger partial charge in [-0.05, 0) is 6.42 Å². The number of hydrogen-bond donors (Lipinski definition) is 0. The molecule has 6 heteroatoms. The van der Waals surface area contributed by atoms with Crippen molar-refractivity contribution in [2.45, 2.75) is 20.3 Å². The first-order chi connectivity index (χ1) is 8.67. The van der Waals surface area contributed by atoms with Crippen molar-refractivity contribution >= 4 is 18.6 Å². The molecule has 0 aliphatic heterocycles. The molecule has 0 saturated carbocycles. The summed E-state index contributed by atoms with van der Waals surface area (Å²) in [5.74, 6) is -0.348. The largest absolute Gasteiger partial charge is 0.377 e.